The Kier molecular flexibility index (Phi) is 124. The van der Waals surface area contributed by atoms with Gasteiger partial charge in [-0.15, -0.1) is 0 Å². The van der Waals surface area contributed by atoms with Crippen LogP contribution in [0.15, 0.2) is 91.0 Å². The summed E-state index contributed by atoms with van der Waals surface area (Å²) in [6.45, 7) is 8.26. The second-order valence-corrected chi connectivity index (χ2v) is 189. The van der Waals surface area contributed by atoms with E-state index in [4.69, 9.17) is 41.7 Å². The molecule has 0 aliphatic carbocycles. The van der Waals surface area contributed by atoms with Gasteiger partial charge in [0.15, 0.2) is 5.82 Å². The Morgan fingerprint density at radius 1 is 0.180 bits per heavy atom. The van der Waals surface area contributed by atoms with Gasteiger partial charge in [0.2, 0.25) is 0 Å². The van der Waals surface area contributed by atoms with Crippen molar-refractivity contribution in [3.63, 3.8) is 0 Å². The average molecular weight is 3640 g/mol. The largest absolute Gasteiger partial charge is 0.494 e. The van der Waals surface area contributed by atoms with Crippen molar-refractivity contribution in [1.29, 1.82) is 0 Å². The molecule has 1 aliphatic heterocycles. The Morgan fingerprint density at radius 2 is 0.316 bits per heavy atom. The second kappa shape index (κ2) is 115. The molecule has 0 bridgehead atoms. The maximum Gasteiger partial charge on any atom is 0.494 e. The van der Waals surface area contributed by atoms with Gasteiger partial charge in [0.1, 0.15) is 0 Å². The molecular formula is C28H27BN2O2S100. The molecule has 0 radical (unpaired) electrons. The van der Waals surface area contributed by atoms with Crippen LogP contribution in [0.2, 0.25) is 0 Å². The lowest BCUT2D eigenvalue weighted by molar-refractivity contribution is 0.00578. The minimum absolute atomic E-state index is 0.367. The van der Waals surface area contributed by atoms with Crippen LogP contribution in [-0.2, 0) is 902 Å². The summed E-state index contributed by atoms with van der Waals surface area (Å²) in [5, 5.41) is 0. The average Bonchev–Trinajstić information content (AvgIpc) is 1.64. The van der Waals surface area contributed by atoms with Gasteiger partial charge in [-0.05, 0) is 39.2 Å². The summed E-state index contributed by atoms with van der Waals surface area (Å²) < 4.78 is 12.4. The van der Waals surface area contributed by atoms with E-state index in [0.717, 1.165) is 33.5 Å². The minimum Gasteiger partial charge on any atom is -0.399 e. The molecule has 1 aromatic heterocycles. The maximum atomic E-state index is 6.20. The summed E-state index contributed by atoms with van der Waals surface area (Å²) in [4.78, 5) is 9.80. The van der Waals surface area contributed by atoms with Gasteiger partial charge in [0.25, 0.3) is 0 Å². The molecule has 764 valence electrons. The molecule has 133 heavy (non-hydrogen) atoms. The molecule has 4 aromatic rings. The highest BCUT2D eigenvalue weighted by Crippen LogP contribution is 2.36. The molecule has 4 nitrogen and oxygen atoms in total. The smallest absolute Gasteiger partial charge is 0.399 e. The SMILES string of the molecule is CC1(C)OB(c2ccc(-c3nc(-c4ccccc4)cc(-c4ccccc4)n3)cc2)OC1(C)C.S=S=S=S=S=S=S=S=S=S=S=S=S=S=S=S=S=S=S=S=S=S=S=S=S=S=S=S=S=S=S=S=S=S=S=S=S=S=S=S=S=S=S=S=S=S=S=S=S=S=S=S=S=S=S=S=S=S=S=S=S=S=S=S=S=S=S=S=S=S=S=S=S=S=S=S=S=S=S=S=S=S=S=S=S=S=S=S=S=S=S=S=S=S=S=S=S=S=S=S. The van der Waals surface area contributed by atoms with Crippen LogP contribution < -0.4 is 5.46 Å². The van der Waals surface area contributed by atoms with Crippen molar-refractivity contribution >= 4 is 905 Å². The third kappa shape index (κ3) is 93.6. The molecule has 0 spiro atoms. The predicted octanol–water partition coefficient (Wildman–Crippen LogP) is 5.54. The number of hydrogen-bond donors (Lipinski definition) is 0. The molecule has 1 saturated heterocycles. The van der Waals surface area contributed by atoms with Crippen molar-refractivity contribution in [2.45, 2.75) is 38.9 Å². The lowest BCUT2D eigenvalue weighted by Crippen LogP contribution is -2.41. The van der Waals surface area contributed by atoms with Gasteiger partial charge in [-0.1, -0.05) is 84.9 Å². The van der Waals surface area contributed by atoms with Crippen LogP contribution in [0.5, 0.6) is 0 Å². The Bertz CT molecular complexity index is 9580. The van der Waals surface area contributed by atoms with Crippen LogP contribution >= 0.6 is 0 Å². The molecule has 0 atom stereocenters. The molecule has 0 unspecified atom stereocenters. The zero-order valence-electron chi connectivity index (χ0n) is 60.3. The third-order valence-corrected chi connectivity index (χ3v) is 225. The van der Waals surface area contributed by atoms with Crippen molar-refractivity contribution in [3.05, 3.63) is 91.0 Å². The van der Waals surface area contributed by atoms with Crippen LogP contribution in [-0.4, -0.2) is 28.3 Å². The first-order valence-corrected chi connectivity index (χ1v) is 160. The zero-order valence-corrected chi connectivity index (χ0v) is 142. The molecule has 1 fully saturated rings. The van der Waals surface area contributed by atoms with E-state index >= 15 is 0 Å². The Labute approximate surface area is 1060 Å². The first-order valence-electron chi connectivity index (χ1n) is 27.8. The van der Waals surface area contributed by atoms with Crippen molar-refractivity contribution in [2.75, 3.05) is 0 Å². The number of rotatable bonds is 4. The minimum atomic E-state index is -0.388. The summed E-state index contributed by atoms with van der Waals surface area (Å²) in [5.74, 6) is 0.690. The number of hydrogen-bond acceptors (Lipinski definition) is 6. The van der Waals surface area contributed by atoms with E-state index in [1.54, 1.807) is 107 Å². The number of benzene rings is 3. The lowest BCUT2D eigenvalue weighted by atomic mass is 9.79. The summed E-state index contributed by atoms with van der Waals surface area (Å²) in [6, 6.07) is 30.6. The van der Waals surface area contributed by atoms with Crippen LogP contribution in [0.1, 0.15) is 27.7 Å². The van der Waals surface area contributed by atoms with Crippen LogP contribution in [0.3, 0.4) is 0 Å². The van der Waals surface area contributed by atoms with Crippen molar-refractivity contribution in [1.82, 2.24) is 9.97 Å². The highest BCUT2D eigenvalue weighted by Gasteiger charge is 2.51. The van der Waals surface area contributed by atoms with Crippen molar-refractivity contribution in [2.24, 2.45) is 0 Å². The topological polar surface area (TPSA) is 44.2 Å². The standard InChI is InChI=1S/C28H27BN2O2.S100/c1-27(2)28(3,4)33-29(32-27)23-17-15-22(16-18-23)26-30-24(20-11-7-5-8-12-20)19-25(31-26)21-13-9-6-10-14-21;1-3-5-7-9-11-13-15-17-19-21-23-25-27-29-31-33-35-37-39-41-43-45-47-49-51-53-55-57-59-61-63-65-67-69-71-73-75-77-79-81-83-85-87-89-91-93-95-97-99-100-98-96-94-92-90-88-86-84-82-80-78-76-74-72-70-68-66-64-62-60-58-56-54-52-50-48-46-44-42-40-38-36-34-32-30-28-26-24-22-20-18-16-14-12-10-8-6-4-2/h5-19H,1-4H3;. The van der Waals surface area contributed by atoms with Gasteiger partial charge >= 0.3 is 7.12 Å². The quantitative estimate of drug-likeness (QED) is 0.251. The predicted molar refractivity (Wildman–Crippen MR) is 871 cm³/mol. The van der Waals surface area contributed by atoms with Crippen LogP contribution in [0.25, 0.3) is 33.9 Å². The fourth-order valence-corrected chi connectivity index (χ4v) is 268. The van der Waals surface area contributed by atoms with E-state index < -0.39 is 0 Å². The monoisotopic (exact) mass is 3630 g/mol. The molecule has 0 N–H and O–H groups in total. The fraction of sp³-hybridized carbons (Fsp3) is 0.214. The Hall–Kier alpha value is 18.7. The summed E-state index contributed by atoms with van der Waals surface area (Å²) in [6.07, 6.45) is 0. The molecule has 105 heteroatoms. The van der Waals surface area contributed by atoms with E-state index in [9.17, 15) is 0 Å². The van der Waals surface area contributed by atoms with E-state index in [-0.39, 0.29) is 18.3 Å². The van der Waals surface area contributed by atoms with Gasteiger partial charge < -0.3 is 9.31 Å². The van der Waals surface area contributed by atoms with Crippen LogP contribution in [0.4, 0.5) is 0 Å². The van der Waals surface area contributed by atoms with Crippen LogP contribution in [0, 0.1) is 0 Å². The van der Waals surface area contributed by atoms with E-state index in [1.807, 2.05) is 813 Å². The van der Waals surface area contributed by atoms with Gasteiger partial charge in [0, 0.05) is 909 Å². The van der Waals surface area contributed by atoms with Crippen molar-refractivity contribution in [3.8, 4) is 33.9 Å². The maximum absolute atomic E-state index is 6.20. The second-order valence-electron chi connectivity index (χ2n) is 16.1. The van der Waals surface area contributed by atoms with Gasteiger partial charge in [-0.3, -0.25) is 0 Å². The highest BCUT2D eigenvalue weighted by atomic mass is 33.6. The summed E-state index contributed by atoms with van der Waals surface area (Å²) >= 11 is 9.66. The normalized spacial score (nSPS) is 10.1. The Balaban J connectivity index is 0.000000917. The zero-order chi connectivity index (χ0) is 94.4. The number of aromatic nitrogens is 2. The van der Waals surface area contributed by atoms with Crippen molar-refractivity contribution < 1.29 is 9.31 Å². The first-order chi connectivity index (χ1) is 65.7. The Morgan fingerprint density at radius 3 is 0.451 bits per heavy atom. The fourth-order valence-electron chi connectivity index (χ4n) is 4.95. The van der Waals surface area contributed by atoms with E-state index in [0.29, 0.717) is 5.82 Å². The molecule has 5 rings (SSSR count). The van der Waals surface area contributed by atoms with Gasteiger partial charge in [0.05, 0.1) is 22.6 Å². The molecule has 1 aliphatic rings. The van der Waals surface area contributed by atoms with E-state index in [2.05, 4.69) is 52.0 Å². The molecule has 0 amide bonds. The third-order valence-electron chi connectivity index (χ3n) is 9.25. The van der Waals surface area contributed by atoms with Gasteiger partial charge in [-0.25, -0.2) is 9.97 Å². The molecule has 0 saturated carbocycles. The summed E-state index contributed by atoms with van der Waals surface area (Å²) in [5.41, 5.74) is 5.12. The first kappa shape index (κ1) is 144. The summed E-state index contributed by atoms with van der Waals surface area (Å²) in [7, 11) is 177. The number of nitrogens with zero attached hydrogens (tertiary/aromatic N) is 2. The van der Waals surface area contributed by atoms with E-state index in [1.165, 1.54) is 17.8 Å². The highest BCUT2D eigenvalue weighted by molar-refractivity contribution is 8.87. The lowest BCUT2D eigenvalue weighted by Gasteiger charge is -2.32. The molecular weight excluding hydrogens is 3610 g/mol. The van der Waals surface area contributed by atoms with Gasteiger partial charge in [-0.2, -0.15) is 0 Å². The molecule has 2 heterocycles. The molecule has 3 aromatic carbocycles.